The number of carbonyl (C=O) groups excluding carboxylic acids is 2. The Morgan fingerprint density at radius 2 is 1.76 bits per heavy atom. The number of aliphatic imine (C=N–C) groups is 1. The van der Waals surface area contributed by atoms with Crippen molar-refractivity contribution < 1.29 is 28.5 Å². The van der Waals surface area contributed by atoms with Crippen LogP contribution in [0.5, 0.6) is 17.2 Å². The number of nitrogens with zero attached hydrogens (tertiary/aromatic N) is 1. The zero-order valence-corrected chi connectivity index (χ0v) is 19.0. The molecule has 0 spiro atoms. The van der Waals surface area contributed by atoms with Gasteiger partial charge in [-0.1, -0.05) is 36.4 Å². The number of esters is 2. The highest BCUT2D eigenvalue weighted by Crippen LogP contribution is 2.32. The smallest absolute Gasteiger partial charge is 0.363 e. The summed E-state index contributed by atoms with van der Waals surface area (Å²) >= 11 is 0. The van der Waals surface area contributed by atoms with Crippen molar-refractivity contribution in [1.29, 1.82) is 0 Å². The lowest BCUT2D eigenvalue weighted by Gasteiger charge is -2.12. The monoisotopic (exact) mass is 457 g/mol. The third-order valence-corrected chi connectivity index (χ3v) is 5.10. The summed E-state index contributed by atoms with van der Waals surface area (Å²) in [5.74, 6) is 0.169. The van der Waals surface area contributed by atoms with Gasteiger partial charge in [-0.05, 0) is 61.4 Å². The first-order chi connectivity index (χ1) is 16.5. The predicted molar refractivity (Wildman–Crippen MR) is 127 cm³/mol. The van der Waals surface area contributed by atoms with Gasteiger partial charge in [0.1, 0.15) is 11.3 Å². The van der Waals surface area contributed by atoms with Crippen LogP contribution < -0.4 is 14.2 Å². The molecule has 0 saturated heterocycles. The predicted octanol–water partition coefficient (Wildman–Crippen LogP) is 4.97. The van der Waals surface area contributed by atoms with Crippen LogP contribution in [0.2, 0.25) is 0 Å². The molecule has 0 bridgehead atoms. The Bertz CT molecular complexity index is 1310. The molecule has 0 fully saturated rings. The Hall–Kier alpha value is -4.39. The highest BCUT2D eigenvalue weighted by molar-refractivity contribution is 6.13. The van der Waals surface area contributed by atoms with Crippen molar-refractivity contribution >= 4 is 23.9 Å². The van der Waals surface area contributed by atoms with Crippen LogP contribution in [0, 0.1) is 6.92 Å². The van der Waals surface area contributed by atoms with E-state index in [4.69, 9.17) is 18.9 Å². The molecule has 3 aromatic rings. The largest absolute Gasteiger partial charge is 0.496 e. The zero-order valence-electron chi connectivity index (χ0n) is 19.0. The van der Waals surface area contributed by atoms with Crippen molar-refractivity contribution in [3.63, 3.8) is 0 Å². The summed E-state index contributed by atoms with van der Waals surface area (Å²) in [4.78, 5) is 29.5. The number of rotatable bonds is 7. The van der Waals surface area contributed by atoms with Gasteiger partial charge in [-0.2, -0.15) is 0 Å². The van der Waals surface area contributed by atoms with Gasteiger partial charge in [-0.25, -0.2) is 14.6 Å². The van der Waals surface area contributed by atoms with Crippen LogP contribution in [0.1, 0.15) is 34.0 Å². The Labute approximate surface area is 197 Å². The molecule has 0 saturated carbocycles. The van der Waals surface area contributed by atoms with Crippen LogP contribution in [0.25, 0.3) is 6.08 Å². The summed E-state index contributed by atoms with van der Waals surface area (Å²) in [6.07, 6.45) is 1.60. The fourth-order valence-electron chi connectivity index (χ4n) is 3.43. The van der Waals surface area contributed by atoms with Gasteiger partial charge in [0.25, 0.3) is 0 Å². The lowest BCUT2D eigenvalue weighted by atomic mass is 10.1. The summed E-state index contributed by atoms with van der Waals surface area (Å²) in [6, 6.07) is 19.3. The van der Waals surface area contributed by atoms with E-state index in [1.54, 1.807) is 48.5 Å². The third kappa shape index (κ3) is 4.83. The molecule has 0 radical (unpaired) electrons. The molecule has 0 N–H and O–H groups in total. The van der Waals surface area contributed by atoms with E-state index >= 15 is 0 Å². The van der Waals surface area contributed by atoms with Crippen LogP contribution in [0.4, 0.5) is 0 Å². The van der Waals surface area contributed by atoms with Crippen molar-refractivity contribution in [2.75, 3.05) is 13.7 Å². The second-order valence-corrected chi connectivity index (χ2v) is 7.38. The first-order valence-electron chi connectivity index (χ1n) is 10.7. The van der Waals surface area contributed by atoms with Crippen molar-refractivity contribution in [3.8, 4) is 17.2 Å². The van der Waals surface area contributed by atoms with Gasteiger partial charge in [-0.3, -0.25) is 0 Å². The van der Waals surface area contributed by atoms with Crippen LogP contribution in [0.15, 0.2) is 77.4 Å². The molecule has 7 heteroatoms. The maximum atomic E-state index is 12.7. The van der Waals surface area contributed by atoms with E-state index in [-0.39, 0.29) is 17.3 Å². The molecule has 1 aliphatic rings. The first kappa shape index (κ1) is 22.8. The van der Waals surface area contributed by atoms with E-state index in [1.165, 1.54) is 7.11 Å². The molecule has 7 nitrogen and oxygen atoms in total. The molecular formula is C27H23NO6. The Morgan fingerprint density at radius 3 is 2.53 bits per heavy atom. The second-order valence-electron chi connectivity index (χ2n) is 7.38. The van der Waals surface area contributed by atoms with Crippen molar-refractivity contribution in [2.45, 2.75) is 13.8 Å². The summed E-state index contributed by atoms with van der Waals surface area (Å²) in [7, 11) is 1.49. The average molecular weight is 457 g/mol. The molecule has 0 aromatic heterocycles. The molecule has 172 valence electrons. The summed E-state index contributed by atoms with van der Waals surface area (Å²) in [5, 5.41) is 0. The Kier molecular flexibility index (Phi) is 6.73. The number of ether oxygens (including phenoxy) is 4. The quantitative estimate of drug-likeness (QED) is 0.283. The van der Waals surface area contributed by atoms with Crippen molar-refractivity contribution in [3.05, 3.63) is 94.7 Å². The SMILES string of the molecule is CCOc1cc(C=C2N=C(c3ccccc3C)OC2=O)ccc1OC(=O)c1ccccc1OC. The van der Waals surface area contributed by atoms with E-state index in [9.17, 15) is 9.59 Å². The Morgan fingerprint density at radius 1 is 1.00 bits per heavy atom. The number of benzene rings is 3. The summed E-state index contributed by atoms with van der Waals surface area (Å²) < 4.78 is 21.9. The minimum Gasteiger partial charge on any atom is -0.496 e. The summed E-state index contributed by atoms with van der Waals surface area (Å²) in [6.45, 7) is 4.10. The van der Waals surface area contributed by atoms with Crippen molar-refractivity contribution in [1.82, 2.24) is 0 Å². The van der Waals surface area contributed by atoms with E-state index in [1.807, 2.05) is 38.1 Å². The minimum atomic E-state index is -0.573. The lowest BCUT2D eigenvalue weighted by molar-refractivity contribution is -0.129. The van der Waals surface area contributed by atoms with Gasteiger partial charge in [0.2, 0.25) is 5.90 Å². The maximum Gasteiger partial charge on any atom is 0.363 e. The third-order valence-electron chi connectivity index (χ3n) is 5.10. The molecule has 1 aliphatic heterocycles. The molecule has 0 aliphatic carbocycles. The minimum absolute atomic E-state index is 0.166. The average Bonchev–Trinajstić information content (AvgIpc) is 3.20. The zero-order chi connectivity index (χ0) is 24.1. The molecule has 3 aromatic carbocycles. The fourth-order valence-corrected chi connectivity index (χ4v) is 3.43. The molecule has 34 heavy (non-hydrogen) atoms. The van der Waals surface area contributed by atoms with Crippen molar-refractivity contribution in [2.24, 2.45) is 4.99 Å². The number of para-hydroxylation sites is 1. The molecule has 0 amide bonds. The molecule has 0 atom stereocenters. The highest BCUT2D eigenvalue weighted by atomic mass is 16.6. The number of carbonyl (C=O) groups is 2. The fraction of sp³-hybridized carbons (Fsp3) is 0.148. The van der Waals surface area contributed by atoms with Gasteiger partial charge in [-0.15, -0.1) is 0 Å². The van der Waals surface area contributed by atoms with Crippen LogP contribution in [0.3, 0.4) is 0 Å². The summed E-state index contributed by atoms with van der Waals surface area (Å²) in [5.41, 5.74) is 2.81. The number of hydrogen-bond donors (Lipinski definition) is 0. The van der Waals surface area contributed by atoms with E-state index in [0.717, 1.165) is 11.1 Å². The van der Waals surface area contributed by atoms with Gasteiger partial charge in [0, 0.05) is 5.56 Å². The maximum absolute atomic E-state index is 12.7. The van der Waals surface area contributed by atoms with Gasteiger partial charge < -0.3 is 18.9 Å². The van der Waals surface area contributed by atoms with Gasteiger partial charge in [0.15, 0.2) is 17.2 Å². The van der Waals surface area contributed by atoms with Crippen LogP contribution >= 0.6 is 0 Å². The van der Waals surface area contributed by atoms with Crippen LogP contribution in [-0.2, 0) is 9.53 Å². The van der Waals surface area contributed by atoms with E-state index in [0.29, 0.717) is 29.2 Å². The molecule has 4 rings (SSSR count). The van der Waals surface area contributed by atoms with Gasteiger partial charge in [0.05, 0.1) is 13.7 Å². The number of methoxy groups -OCH3 is 1. The number of aryl methyl sites for hydroxylation is 1. The second kappa shape index (κ2) is 10.0. The topological polar surface area (TPSA) is 83.4 Å². The highest BCUT2D eigenvalue weighted by Gasteiger charge is 2.25. The normalized spacial score (nSPS) is 13.9. The lowest BCUT2D eigenvalue weighted by Crippen LogP contribution is -2.11. The molecular weight excluding hydrogens is 434 g/mol. The van der Waals surface area contributed by atoms with E-state index < -0.39 is 11.9 Å². The Balaban J connectivity index is 1.61. The van der Waals surface area contributed by atoms with Crippen LogP contribution in [-0.4, -0.2) is 31.6 Å². The first-order valence-corrected chi connectivity index (χ1v) is 10.7. The van der Waals surface area contributed by atoms with Gasteiger partial charge >= 0.3 is 11.9 Å². The molecule has 0 unspecified atom stereocenters. The van der Waals surface area contributed by atoms with E-state index in [2.05, 4.69) is 4.99 Å². The molecule has 1 heterocycles. The standard InChI is InChI=1S/C27H23NO6/c1-4-32-24-16-18(13-14-23(24)33-26(29)20-11-7-8-12-22(20)31-3)15-21-27(30)34-25(28-21)19-10-6-5-9-17(19)2/h5-16H,4H2,1-3H3. The number of cyclic esters (lactones) is 1. The number of hydrogen-bond acceptors (Lipinski definition) is 7.